The van der Waals surface area contributed by atoms with Crippen LogP contribution in [0.3, 0.4) is 0 Å². The van der Waals surface area contributed by atoms with Crippen molar-refractivity contribution in [2.24, 2.45) is 5.41 Å². The van der Waals surface area contributed by atoms with Crippen molar-refractivity contribution in [1.29, 1.82) is 0 Å². The molecular formula is C16H23NO5S. The molecule has 2 unspecified atom stereocenters. The maximum atomic E-state index is 12.6. The highest BCUT2D eigenvalue weighted by atomic mass is 32.2. The van der Waals surface area contributed by atoms with E-state index in [1.165, 1.54) is 11.4 Å². The maximum absolute atomic E-state index is 12.6. The Morgan fingerprint density at radius 1 is 1.39 bits per heavy atom. The van der Waals surface area contributed by atoms with Gasteiger partial charge >= 0.3 is 5.97 Å². The second kappa shape index (κ2) is 6.98. The molecule has 23 heavy (non-hydrogen) atoms. The molecule has 0 aliphatic carbocycles. The molecule has 0 saturated carbocycles. The maximum Gasteiger partial charge on any atom is 0.310 e. The number of carbonyl (C=O) groups is 1. The first-order chi connectivity index (χ1) is 10.8. The monoisotopic (exact) mass is 341 g/mol. The van der Waals surface area contributed by atoms with E-state index < -0.39 is 27.5 Å². The standard InChI is InChI=1S/C16H23NO5S/c1-16(15(18)19)8-9-17(12-16)23(20,21)11-14(22-2)10-13-6-4-3-5-7-13/h3-7,14H,8-12H2,1-2H3,(H,18,19). The minimum absolute atomic E-state index is 0.0203. The van der Waals surface area contributed by atoms with Crippen molar-refractivity contribution in [2.75, 3.05) is 26.0 Å². The Morgan fingerprint density at radius 2 is 2.04 bits per heavy atom. The molecule has 7 heteroatoms. The SMILES string of the molecule is COC(Cc1ccccc1)CS(=O)(=O)N1CCC(C)(C(=O)O)C1. The van der Waals surface area contributed by atoms with Gasteiger partial charge in [0, 0.05) is 20.2 Å². The molecule has 1 aromatic carbocycles. The highest BCUT2D eigenvalue weighted by Gasteiger charge is 2.44. The Morgan fingerprint density at radius 3 is 2.57 bits per heavy atom. The van der Waals surface area contributed by atoms with Gasteiger partial charge in [0.1, 0.15) is 0 Å². The fourth-order valence-electron chi connectivity index (χ4n) is 2.76. The number of rotatable bonds is 7. The van der Waals surface area contributed by atoms with Crippen LogP contribution in [0.4, 0.5) is 0 Å². The van der Waals surface area contributed by atoms with E-state index in [4.69, 9.17) is 4.74 Å². The largest absolute Gasteiger partial charge is 0.481 e. The van der Waals surface area contributed by atoms with Crippen molar-refractivity contribution in [3.63, 3.8) is 0 Å². The van der Waals surface area contributed by atoms with Gasteiger partial charge < -0.3 is 9.84 Å². The summed E-state index contributed by atoms with van der Waals surface area (Å²) in [5.41, 5.74) is 0.000984. The fraction of sp³-hybridized carbons (Fsp3) is 0.562. The van der Waals surface area contributed by atoms with Crippen molar-refractivity contribution in [3.8, 4) is 0 Å². The van der Waals surface area contributed by atoms with Crippen molar-refractivity contribution < 1.29 is 23.1 Å². The quantitative estimate of drug-likeness (QED) is 0.810. The van der Waals surface area contributed by atoms with E-state index in [0.717, 1.165) is 5.56 Å². The topological polar surface area (TPSA) is 83.9 Å². The van der Waals surface area contributed by atoms with Crippen LogP contribution in [0.25, 0.3) is 0 Å². The molecule has 0 bridgehead atoms. The predicted molar refractivity (Wildman–Crippen MR) is 86.7 cm³/mol. The Bertz CT molecular complexity index is 646. The average Bonchev–Trinajstić information content (AvgIpc) is 2.92. The molecule has 0 aromatic heterocycles. The molecule has 1 fully saturated rings. The number of hydrogen-bond acceptors (Lipinski definition) is 4. The van der Waals surface area contributed by atoms with Crippen LogP contribution < -0.4 is 0 Å². The second-order valence-corrected chi connectivity index (χ2v) is 8.29. The summed E-state index contributed by atoms with van der Waals surface area (Å²) in [7, 11) is -2.06. The van der Waals surface area contributed by atoms with Gasteiger partial charge in [0.25, 0.3) is 0 Å². The van der Waals surface area contributed by atoms with Gasteiger partial charge in [0.05, 0.1) is 17.3 Å². The van der Waals surface area contributed by atoms with Gasteiger partial charge in [0.15, 0.2) is 0 Å². The summed E-state index contributed by atoms with van der Waals surface area (Å²) in [6, 6.07) is 9.55. The van der Waals surface area contributed by atoms with Gasteiger partial charge in [-0.25, -0.2) is 12.7 Å². The Balaban J connectivity index is 2.04. The number of carboxylic acid groups (broad SMARTS) is 1. The number of ether oxygens (including phenoxy) is 1. The molecule has 128 valence electrons. The zero-order valence-electron chi connectivity index (χ0n) is 13.4. The lowest BCUT2D eigenvalue weighted by Gasteiger charge is -2.22. The molecule has 2 atom stereocenters. The van der Waals surface area contributed by atoms with Crippen molar-refractivity contribution >= 4 is 16.0 Å². The molecule has 1 saturated heterocycles. The fourth-order valence-corrected chi connectivity index (χ4v) is 4.54. The van der Waals surface area contributed by atoms with Crippen LogP contribution in [0.2, 0.25) is 0 Å². The molecule has 1 aliphatic rings. The van der Waals surface area contributed by atoms with E-state index in [9.17, 15) is 18.3 Å². The normalized spacial score (nSPS) is 23.7. The number of sulfonamides is 1. The van der Waals surface area contributed by atoms with Gasteiger partial charge in [-0.2, -0.15) is 0 Å². The van der Waals surface area contributed by atoms with Gasteiger partial charge in [-0.1, -0.05) is 30.3 Å². The lowest BCUT2D eigenvalue weighted by atomic mass is 9.90. The van der Waals surface area contributed by atoms with Crippen LogP contribution >= 0.6 is 0 Å². The Kier molecular flexibility index (Phi) is 5.44. The number of carboxylic acids is 1. The van der Waals surface area contributed by atoms with Crippen LogP contribution in [0.15, 0.2) is 30.3 Å². The third-order valence-electron chi connectivity index (χ3n) is 4.38. The van der Waals surface area contributed by atoms with Crippen LogP contribution in [0.5, 0.6) is 0 Å². The first-order valence-corrected chi connectivity index (χ1v) is 9.16. The number of benzene rings is 1. The predicted octanol–water partition coefficient (Wildman–Crippen LogP) is 1.37. The van der Waals surface area contributed by atoms with E-state index in [1.807, 2.05) is 30.3 Å². The lowest BCUT2D eigenvalue weighted by molar-refractivity contribution is -0.146. The highest BCUT2D eigenvalue weighted by Crippen LogP contribution is 2.32. The van der Waals surface area contributed by atoms with Gasteiger partial charge in [0.2, 0.25) is 10.0 Å². The molecule has 1 aliphatic heterocycles. The minimum atomic E-state index is -3.55. The summed E-state index contributed by atoms with van der Waals surface area (Å²) in [6.45, 7) is 1.85. The summed E-state index contributed by atoms with van der Waals surface area (Å²) < 4.78 is 31.7. The third kappa shape index (κ3) is 4.31. The number of hydrogen-bond donors (Lipinski definition) is 1. The van der Waals surface area contributed by atoms with Crippen molar-refractivity contribution in [3.05, 3.63) is 35.9 Å². The van der Waals surface area contributed by atoms with Crippen LogP contribution in [0, 0.1) is 5.41 Å². The van der Waals surface area contributed by atoms with E-state index in [2.05, 4.69) is 0 Å². The minimum Gasteiger partial charge on any atom is -0.481 e. The summed E-state index contributed by atoms with van der Waals surface area (Å²) in [5.74, 6) is -1.10. The molecule has 0 spiro atoms. The Labute approximate surface area is 137 Å². The van der Waals surface area contributed by atoms with E-state index >= 15 is 0 Å². The van der Waals surface area contributed by atoms with Crippen molar-refractivity contribution in [2.45, 2.75) is 25.9 Å². The molecule has 6 nitrogen and oxygen atoms in total. The lowest BCUT2D eigenvalue weighted by Crippen LogP contribution is -2.39. The smallest absolute Gasteiger partial charge is 0.310 e. The number of aliphatic carboxylic acids is 1. The molecule has 1 N–H and O–H groups in total. The van der Waals surface area contributed by atoms with Gasteiger partial charge in [-0.05, 0) is 25.3 Å². The van der Waals surface area contributed by atoms with Crippen LogP contribution in [-0.2, 0) is 26.0 Å². The van der Waals surface area contributed by atoms with Crippen molar-refractivity contribution in [1.82, 2.24) is 4.31 Å². The number of methoxy groups -OCH3 is 1. The molecule has 0 radical (unpaired) electrons. The Hall–Kier alpha value is -1.44. The van der Waals surface area contributed by atoms with Crippen LogP contribution in [0.1, 0.15) is 18.9 Å². The summed E-state index contributed by atoms with van der Waals surface area (Å²) >= 11 is 0. The second-order valence-electron chi connectivity index (χ2n) is 6.28. The van der Waals surface area contributed by atoms with Gasteiger partial charge in [-0.3, -0.25) is 4.79 Å². The van der Waals surface area contributed by atoms with E-state index in [1.54, 1.807) is 6.92 Å². The van der Waals surface area contributed by atoms with Crippen LogP contribution in [-0.4, -0.2) is 55.9 Å². The zero-order valence-corrected chi connectivity index (χ0v) is 14.3. The zero-order chi connectivity index (χ0) is 17.1. The first-order valence-electron chi connectivity index (χ1n) is 7.55. The van der Waals surface area contributed by atoms with Gasteiger partial charge in [-0.15, -0.1) is 0 Å². The molecule has 1 aromatic rings. The molecular weight excluding hydrogens is 318 g/mol. The third-order valence-corrected chi connectivity index (χ3v) is 6.28. The molecule has 1 heterocycles. The first kappa shape index (κ1) is 17.9. The summed E-state index contributed by atoms with van der Waals surface area (Å²) in [6.07, 6.45) is 0.373. The van der Waals surface area contributed by atoms with E-state index in [0.29, 0.717) is 12.8 Å². The number of nitrogens with zero attached hydrogens (tertiary/aromatic N) is 1. The molecule has 2 rings (SSSR count). The summed E-state index contributed by atoms with van der Waals surface area (Å²) in [5, 5.41) is 9.23. The highest BCUT2D eigenvalue weighted by molar-refractivity contribution is 7.89. The molecule has 0 amide bonds. The van der Waals surface area contributed by atoms with E-state index in [-0.39, 0.29) is 18.8 Å². The average molecular weight is 341 g/mol. The summed E-state index contributed by atoms with van der Waals surface area (Å²) in [4.78, 5) is 11.3.